The van der Waals surface area contributed by atoms with E-state index in [4.69, 9.17) is 4.74 Å². The minimum atomic E-state index is -0.318. The first-order valence-corrected chi connectivity index (χ1v) is 11.5. The van der Waals surface area contributed by atoms with Crippen LogP contribution >= 0.6 is 0 Å². The number of nitrogens with zero attached hydrogens (tertiary/aromatic N) is 2. The van der Waals surface area contributed by atoms with Crippen molar-refractivity contribution in [3.63, 3.8) is 0 Å². The Labute approximate surface area is 188 Å². The summed E-state index contributed by atoms with van der Waals surface area (Å²) in [5.74, 6) is -0.0499. The molecule has 4 rings (SSSR count). The summed E-state index contributed by atoms with van der Waals surface area (Å²) in [5.41, 5.74) is 1.64. The number of aromatic nitrogens is 1. The van der Waals surface area contributed by atoms with Gasteiger partial charge in [-0.3, -0.25) is 9.59 Å². The Morgan fingerprint density at radius 1 is 1.09 bits per heavy atom. The maximum absolute atomic E-state index is 13.1. The molecular formula is C25H30FN3O3. The summed E-state index contributed by atoms with van der Waals surface area (Å²) < 4.78 is 19.1. The van der Waals surface area contributed by atoms with E-state index in [1.54, 1.807) is 23.2 Å². The Morgan fingerprint density at radius 3 is 2.66 bits per heavy atom. The topological polar surface area (TPSA) is 71.5 Å². The van der Waals surface area contributed by atoms with Gasteiger partial charge in [-0.25, -0.2) is 9.37 Å². The lowest BCUT2D eigenvalue weighted by molar-refractivity contribution is -0.135. The number of benzene rings is 1. The van der Waals surface area contributed by atoms with Crippen molar-refractivity contribution in [1.29, 1.82) is 0 Å². The average Bonchev–Trinajstić information content (AvgIpc) is 3.33. The van der Waals surface area contributed by atoms with E-state index in [1.165, 1.54) is 25.0 Å². The van der Waals surface area contributed by atoms with E-state index in [0.717, 1.165) is 36.8 Å². The van der Waals surface area contributed by atoms with Crippen molar-refractivity contribution in [2.45, 2.75) is 57.6 Å². The van der Waals surface area contributed by atoms with Crippen molar-refractivity contribution in [3.05, 3.63) is 59.5 Å². The molecule has 1 N–H and O–H groups in total. The zero-order valence-corrected chi connectivity index (χ0v) is 18.3. The second-order valence-electron chi connectivity index (χ2n) is 8.69. The number of amides is 2. The number of rotatable bonds is 7. The Balaban J connectivity index is 1.30. The highest BCUT2D eigenvalue weighted by Crippen LogP contribution is 2.25. The molecule has 0 spiro atoms. The largest absolute Gasteiger partial charge is 0.474 e. The van der Waals surface area contributed by atoms with Crippen molar-refractivity contribution in [3.8, 4) is 5.88 Å². The highest BCUT2D eigenvalue weighted by molar-refractivity contribution is 5.82. The molecule has 1 saturated heterocycles. The number of carbonyl (C=O) groups is 2. The van der Waals surface area contributed by atoms with Gasteiger partial charge in [0.2, 0.25) is 17.7 Å². The van der Waals surface area contributed by atoms with Gasteiger partial charge in [-0.05, 0) is 62.3 Å². The molecule has 2 amide bonds. The number of halogens is 1. The van der Waals surface area contributed by atoms with Crippen LogP contribution in [0.4, 0.5) is 4.39 Å². The summed E-state index contributed by atoms with van der Waals surface area (Å²) in [5, 5.41) is 3.01. The maximum Gasteiger partial charge on any atom is 0.227 e. The molecule has 32 heavy (non-hydrogen) atoms. The smallest absolute Gasteiger partial charge is 0.227 e. The number of pyridine rings is 1. The SMILES string of the molecule is O=C(NCc1cccnc1OC1CCCC1)[C@@H]1CCCN(C(=O)Cc2ccc(F)cc2)C1. The fourth-order valence-corrected chi connectivity index (χ4v) is 4.46. The predicted molar refractivity (Wildman–Crippen MR) is 118 cm³/mol. The molecule has 1 aromatic carbocycles. The monoisotopic (exact) mass is 439 g/mol. The predicted octanol–water partition coefficient (Wildman–Crippen LogP) is 3.64. The molecule has 2 fully saturated rings. The molecule has 2 aliphatic rings. The lowest BCUT2D eigenvalue weighted by Gasteiger charge is -2.32. The number of carbonyl (C=O) groups excluding carboxylic acids is 2. The second kappa shape index (κ2) is 10.6. The van der Waals surface area contributed by atoms with Gasteiger partial charge >= 0.3 is 0 Å². The molecule has 6 nitrogen and oxygen atoms in total. The summed E-state index contributed by atoms with van der Waals surface area (Å²) in [6.07, 6.45) is 8.13. The van der Waals surface area contributed by atoms with Gasteiger partial charge in [-0.1, -0.05) is 18.2 Å². The zero-order chi connectivity index (χ0) is 22.3. The van der Waals surface area contributed by atoms with Gasteiger partial charge in [0.05, 0.1) is 12.3 Å². The van der Waals surface area contributed by atoms with Crippen molar-refractivity contribution >= 4 is 11.8 Å². The summed E-state index contributed by atoms with van der Waals surface area (Å²) in [4.78, 5) is 31.6. The van der Waals surface area contributed by atoms with Crippen molar-refractivity contribution in [2.75, 3.05) is 13.1 Å². The third-order valence-electron chi connectivity index (χ3n) is 6.30. The van der Waals surface area contributed by atoms with Crippen LogP contribution in [-0.4, -0.2) is 40.9 Å². The minimum absolute atomic E-state index is 0.0337. The van der Waals surface area contributed by atoms with Crippen molar-refractivity contribution < 1.29 is 18.7 Å². The lowest BCUT2D eigenvalue weighted by Crippen LogP contribution is -2.45. The third-order valence-corrected chi connectivity index (χ3v) is 6.30. The van der Waals surface area contributed by atoms with Crippen LogP contribution in [0.15, 0.2) is 42.6 Å². The standard InChI is InChI=1S/C25H30FN3O3/c26-21-11-9-18(10-12-21)15-23(30)29-14-4-6-20(17-29)24(31)28-16-19-5-3-13-27-25(19)32-22-7-1-2-8-22/h3,5,9-13,20,22H,1-2,4,6-8,14-17H2,(H,28,31)/t20-/m1/s1. The van der Waals surface area contributed by atoms with Gasteiger partial charge in [0.25, 0.3) is 0 Å². The average molecular weight is 440 g/mol. The first-order valence-electron chi connectivity index (χ1n) is 11.5. The van der Waals surface area contributed by atoms with Gasteiger partial charge in [0.1, 0.15) is 11.9 Å². The van der Waals surface area contributed by atoms with Crippen LogP contribution in [0, 0.1) is 11.7 Å². The fraction of sp³-hybridized carbons (Fsp3) is 0.480. The normalized spacial score (nSPS) is 19.0. The summed E-state index contributed by atoms with van der Waals surface area (Å²) in [6, 6.07) is 9.74. The van der Waals surface area contributed by atoms with Crippen LogP contribution in [-0.2, 0) is 22.6 Å². The molecule has 0 radical (unpaired) electrons. The molecule has 2 aromatic rings. The number of hydrogen-bond acceptors (Lipinski definition) is 4. The Hall–Kier alpha value is -2.96. The van der Waals surface area contributed by atoms with E-state index in [1.807, 2.05) is 12.1 Å². The molecule has 0 bridgehead atoms. The minimum Gasteiger partial charge on any atom is -0.474 e. The highest BCUT2D eigenvalue weighted by atomic mass is 19.1. The van der Waals surface area contributed by atoms with Gasteiger partial charge in [-0.15, -0.1) is 0 Å². The van der Waals surface area contributed by atoms with E-state index in [2.05, 4.69) is 10.3 Å². The van der Waals surface area contributed by atoms with Crippen LogP contribution < -0.4 is 10.1 Å². The van der Waals surface area contributed by atoms with Crippen LogP contribution in [0.25, 0.3) is 0 Å². The zero-order valence-electron chi connectivity index (χ0n) is 18.3. The Bertz CT molecular complexity index is 928. The Kier molecular flexibility index (Phi) is 7.35. The summed E-state index contributed by atoms with van der Waals surface area (Å²) >= 11 is 0. The second-order valence-corrected chi connectivity index (χ2v) is 8.69. The van der Waals surface area contributed by atoms with Gasteiger partial charge < -0.3 is 15.0 Å². The first-order chi connectivity index (χ1) is 15.6. The number of likely N-dealkylation sites (tertiary alicyclic amines) is 1. The molecule has 1 aliphatic heterocycles. The summed E-state index contributed by atoms with van der Waals surface area (Å²) in [6.45, 7) is 1.41. The lowest BCUT2D eigenvalue weighted by atomic mass is 9.96. The molecule has 170 valence electrons. The summed E-state index contributed by atoms with van der Waals surface area (Å²) in [7, 11) is 0. The van der Waals surface area contributed by atoms with Gasteiger partial charge in [-0.2, -0.15) is 0 Å². The number of nitrogens with one attached hydrogen (secondary N) is 1. The molecular weight excluding hydrogens is 409 g/mol. The van der Waals surface area contributed by atoms with Gasteiger partial charge in [0.15, 0.2) is 0 Å². The molecule has 1 aliphatic carbocycles. The van der Waals surface area contributed by atoms with E-state index in [-0.39, 0.29) is 36.1 Å². The van der Waals surface area contributed by atoms with Crippen LogP contribution in [0.3, 0.4) is 0 Å². The van der Waals surface area contributed by atoms with Crippen LogP contribution in [0.2, 0.25) is 0 Å². The molecule has 7 heteroatoms. The van der Waals surface area contributed by atoms with E-state index >= 15 is 0 Å². The van der Waals surface area contributed by atoms with E-state index in [0.29, 0.717) is 25.5 Å². The quantitative estimate of drug-likeness (QED) is 0.715. The molecule has 2 heterocycles. The molecule has 1 saturated carbocycles. The number of hydrogen-bond donors (Lipinski definition) is 1. The van der Waals surface area contributed by atoms with Crippen molar-refractivity contribution in [2.24, 2.45) is 5.92 Å². The maximum atomic E-state index is 13.1. The number of ether oxygens (including phenoxy) is 1. The first kappa shape index (κ1) is 22.2. The molecule has 0 unspecified atom stereocenters. The molecule has 1 aromatic heterocycles. The van der Waals surface area contributed by atoms with E-state index < -0.39 is 0 Å². The van der Waals surface area contributed by atoms with Gasteiger partial charge in [0, 0.05) is 31.4 Å². The molecule has 1 atom stereocenters. The number of piperidine rings is 1. The van der Waals surface area contributed by atoms with E-state index in [9.17, 15) is 14.0 Å². The third kappa shape index (κ3) is 5.84. The Morgan fingerprint density at radius 2 is 1.88 bits per heavy atom. The van der Waals surface area contributed by atoms with Crippen LogP contribution in [0.5, 0.6) is 5.88 Å². The van der Waals surface area contributed by atoms with Crippen molar-refractivity contribution in [1.82, 2.24) is 15.2 Å². The van der Waals surface area contributed by atoms with Crippen LogP contribution in [0.1, 0.15) is 49.7 Å². The highest BCUT2D eigenvalue weighted by Gasteiger charge is 2.28. The fourth-order valence-electron chi connectivity index (χ4n) is 4.46.